The van der Waals surface area contributed by atoms with Crippen molar-refractivity contribution < 1.29 is 9.53 Å². The fourth-order valence-corrected chi connectivity index (χ4v) is 2.18. The van der Waals surface area contributed by atoms with Gasteiger partial charge in [0.15, 0.2) is 0 Å². The van der Waals surface area contributed by atoms with E-state index in [0.29, 0.717) is 12.4 Å². The topological polar surface area (TPSA) is 65.2 Å². The lowest BCUT2D eigenvalue weighted by Gasteiger charge is -2.04. The quantitative estimate of drug-likeness (QED) is 0.740. The number of nitrogen functional groups attached to an aromatic ring is 1. The van der Waals surface area contributed by atoms with Crippen molar-refractivity contribution in [1.82, 2.24) is 4.98 Å². The van der Waals surface area contributed by atoms with E-state index in [0.717, 1.165) is 11.3 Å². The van der Waals surface area contributed by atoms with Crippen molar-refractivity contribution in [2.24, 2.45) is 0 Å². The van der Waals surface area contributed by atoms with Gasteiger partial charge in [-0.1, -0.05) is 0 Å². The van der Waals surface area contributed by atoms with Gasteiger partial charge in [-0.05, 0) is 12.1 Å². The number of carbonyl (C=O) groups is 1. The second-order valence-electron chi connectivity index (χ2n) is 2.98. The average molecular weight is 210 g/mol. The molecule has 14 heavy (non-hydrogen) atoms. The molecule has 1 fully saturated rings. The smallest absolute Gasteiger partial charge is 0.319 e. The van der Waals surface area contributed by atoms with Crippen LogP contribution in [0, 0.1) is 0 Å². The number of cyclic esters (lactones) is 1. The maximum Gasteiger partial charge on any atom is 0.319 e. The van der Waals surface area contributed by atoms with Crippen LogP contribution in [-0.2, 0) is 9.53 Å². The Balaban J connectivity index is 2.03. The van der Waals surface area contributed by atoms with Gasteiger partial charge in [0.05, 0.1) is 6.61 Å². The average Bonchev–Trinajstić information content (AvgIpc) is 2.56. The largest absolute Gasteiger partial charge is 0.465 e. The Morgan fingerprint density at radius 3 is 3.00 bits per heavy atom. The highest BCUT2D eigenvalue weighted by Gasteiger charge is 2.27. The van der Waals surface area contributed by atoms with Crippen LogP contribution in [0.15, 0.2) is 23.2 Å². The number of nitrogens with two attached hydrogens (primary N) is 1. The summed E-state index contributed by atoms with van der Waals surface area (Å²) in [5.41, 5.74) is 5.45. The molecule has 0 bridgehead atoms. The summed E-state index contributed by atoms with van der Waals surface area (Å²) in [5, 5.41) is -0.0829. The van der Waals surface area contributed by atoms with E-state index in [4.69, 9.17) is 10.5 Å². The first-order valence-corrected chi connectivity index (χ1v) is 5.18. The molecule has 74 valence electrons. The molecule has 0 amide bonds. The third kappa shape index (κ3) is 1.98. The molecule has 1 atom stereocenters. The van der Waals surface area contributed by atoms with Gasteiger partial charge in [0.25, 0.3) is 0 Å². The maximum atomic E-state index is 11.2. The fraction of sp³-hybridized carbons (Fsp3) is 0.333. The summed E-state index contributed by atoms with van der Waals surface area (Å²) in [5.74, 6) is 0.357. The molecule has 2 heterocycles. The number of thioether (sulfide) groups is 1. The molecule has 1 aliphatic rings. The minimum absolute atomic E-state index is 0.0829. The molecule has 0 radical (unpaired) electrons. The SMILES string of the molecule is Nc1ccc(SC2CCOC2=O)cn1. The van der Waals surface area contributed by atoms with Gasteiger partial charge in [0.2, 0.25) is 0 Å². The molecule has 2 rings (SSSR count). The van der Waals surface area contributed by atoms with E-state index in [1.165, 1.54) is 11.8 Å². The van der Waals surface area contributed by atoms with Gasteiger partial charge < -0.3 is 10.5 Å². The highest BCUT2D eigenvalue weighted by Crippen LogP contribution is 2.28. The summed E-state index contributed by atoms with van der Waals surface area (Å²) in [7, 11) is 0. The molecule has 1 unspecified atom stereocenters. The summed E-state index contributed by atoms with van der Waals surface area (Å²) in [6, 6.07) is 3.58. The number of aromatic nitrogens is 1. The van der Waals surface area contributed by atoms with Gasteiger partial charge >= 0.3 is 5.97 Å². The highest BCUT2D eigenvalue weighted by atomic mass is 32.2. The summed E-state index contributed by atoms with van der Waals surface area (Å²) < 4.78 is 4.86. The van der Waals surface area contributed by atoms with E-state index in [2.05, 4.69) is 4.98 Å². The zero-order valence-electron chi connectivity index (χ0n) is 7.47. The van der Waals surface area contributed by atoms with Crippen molar-refractivity contribution in [3.63, 3.8) is 0 Å². The number of anilines is 1. The van der Waals surface area contributed by atoms with E-state index >= 15 is 0 Å². The normalized spacial score (nSPS) is 20.9. The summed E-state index contributed by atoms with van der Waals surface area (Å²) in [6.45, 7) is 0.527. The van der Waals surface area contributed by atoms with Gasteiger partial charge in [-0.3, -0.25) is 4.79 Å². The zero-order valence-corrected chi connectivity index (χ0v) is 8.29. The number of ether oxygens (including phenoxy) is 1. The Labute approximate surface area is 85.8 Å². The van der Waals surface area contributed by atoms with Crippen molar-refractivity contribution in [1.29, 1.82) is 0 Å². The minimum atomic E-state index is -0.133. The molecule has 4 nitrogen and oxygen atoms in total. The van der Waals surface area contributed by atoms with Crippen LogP contribution in [0.2, 0.25) is 0 Å². The number of pyridine rings is 1. The van der Waals surface area contributed by atoms with Gasteiger partial charge in [0.1, 0.15) is 11.1 Å². The van der Waals surface area contributed by atoms with Gasteiger partial charge in [0, 0.05) is 17.5 Å². The number of hydrogen-bond acceptors (Lipinski definition) is 5. The lowest BCUT2D eigenvalue weighted by Crippen LogP contribution is -2.09. The minimum Gasteiger partial charge on any atom is -0.465 e. The van der Waals surface area contributed by atoms with Crippen LogP contribution in [-0.4, -0.2) is 22.8 Å². The van der Waals surface area contributed by atoms with Crippen LogP contribution >= 0.6 is 11.8 Å². The molecule has 0 spiro atoms. The second-order valence-corrected chi connectivity index (χ2v) is 4.26. The van der Waals surface area contributed by atoms with Crippen molar-refractivity contribution in [3.05, 3.63) is 18.3 Å². The molecule has 0 saturated carbocycles. The van der Waals surface area contributed by atoms with E-state index < -0.39 is 0 Å². The van der Waals surface area contributed by atoms with Crippen LogP contribution in [0.4, 0.5) is 5.82 Å². The molecule has 0 aliphatic carbocycles. The predicted molar refractivity (Wildman–Crippen MR) is 53.9 cm³/mol. The number of carbonyl (C=O) groups excluding carboxylic acids is 1. The lowest BCUT2D eigenvalue weighted by atomic mass is 10.4. The molecule has 0 aromatic carbocycles. The zero-order chi connectivity index (χ0) is 9.97. The Hall–Kier alpha value is -1.23. The van der Waals surface area contributed by atoms with Crippen LogP contribution in [0.5, 0.6) is 0 Å². The van der Waals surface area contributed by atoms with Gasteiger partial charge in [-0.2, -0.15) is 0 Å². The predicted octanol–water partition coefficient (Wildman–Crippen LogP) is 1.07. The van der Waals surface area contributed by atoms with E-state index in [1.54, 1.807) is 12.3 Å². The maximum absolute atomic E-state index is 11.2. The standard InChI is InChI=1S/C9H10N2O2S/c10-8-2-1-6(5-11-8)14-7-3-4-13-9(7)12/h1-2,5,7H,3-4H2,(H2,10,11). The van der Waals surface area contributed by atoms with E-state index in [-0.39, 0.29) is 11.2 Å². The highest BCUT2D eigenvalue weighted by molar-refractivity contribution is 8.00. The molecule has 1 aromatic rings. The Bertz CT molecular complexity index is 339. The lowest BCUT2D eigenvalue weighted by molar-refractivity contribution is -0.137. The first-order chi connectivity index (χ1) is 6.75. The monoisotopic (exact) mass is 210 g/mol. The van der Waals surface area contributed by atoms with Crippen LogP contribution < -0.4 is 5.73 Å². The molecule has 1 aromatic heterocycles. The number of esters is 1. The summed E-state index contributed by atoms with van der Waals surface area (Å²) >= 11 is 1.48. The molecule has 2 N–H and O–H groups in total. The third-order valence-electron chi connectivity index (χ3n) is 1.92. The molecular formula is C9H10N2O2S. The van der Waals surface area contributed by atoms with Crippen LogP contribution in [0.25, 0.3) is 0 Å². The van der Waals surface area contributed by atoms with Crippen LogP contribution in [0.3, 0.4) is 0 Å². The first-order valence-electron chi connectivity index (χ1n) is 4.30. The van der Waals surface area contributed by atoms with Crippen molar-refractivity contribution in [3.8, 4) is 0 Å². The summed E-state index contributed by atoms with van der Waals surface area (Å²) in [6.07, 6.45) is 2.44. The second kappa shape index (κ2) is 3.88. The Kier molecular flexibility index (Phi) is 2.58. The molecular weight excluding hydrogens is 200 g/mol. The number of nitrogens with zero attached hydrogens (tertiary/aromatic N) is 1. The van der Waals surface area contributed by atoms with Gasteiger partial charge in [-0.25, -0.2) is 4.98 Å². The Morgan fingerprint density at radius 1 is 1.57 bits per heavy atom. The van der Waals surface area contributed by atoms with Crippen LogP contribution in [0.1, 0.15) is 6.42 Å². The summed E-state index contributed by atoms with van der Waals surface area (Å²) in [4.78, 5) is 16.1. The number of hydrogen-bond donors (Lipinski definition) is 1. The van der Waals surface area contributed by atoms with Gasteiger partial charge in [-0.15, -0.1) is 11.8 Å². The molecule has 5 heteroatoms. The third-order valence-corrected chi connectivity index (χ3v) is 3.15. The first kappa shape index (κ1) is 9.33. The fourth-order valence-electron chi connectivity index (χ4n) is 1.21. The molecule has 1 aliphatic heterocycles. The van der Waals surface area contributed by atoms with Crippen molar-refractivity contribution in [2.75, 3.05) is 12.3 Å². The number of rotatable bonds is 2. The van der Waals surface area contributed by atoms with Crippen molar-refractivity contribution >= 4 is 23.5 Å². The van der Waals surface area contributed by atoms with Crippen molar-refractivity contribution in [2.45, 2.75) is 16.6 Å². The van der Waals surface area contributed by atoms with E-state index in [9.17, 15) is 4.79 Å². The van der Waals surface area contributed by atoms with E-state index in [1.807, 2.05) is 6.07 Å². The molecule has 1 saturated heterocycles. The Morgan fingerprint density at radius 2 is 2.43 bits per heavy atom.